The third-order valence-electron chi connectivity index (χ3n) is 8.26. The number of ether oxygens (including phenoxy) is 2. The Kier molecular flexibility index (Phi) is 10.9. The van der Waals surface area contributed by atoms with Crippen LogP contribution in [0.5, 0.6) is 5.75 Å². The van der Waals surface area contributed by atoms with Crippen molar-refractivity contribution in [1.82, 2.24) is 0 Å². The van der Waals surface area contributed by atoms with Gasteiger partial charge in [-0.05, 0) is 80.7 Å². The lowest BCUT2D eigenvalue weighted by atomic mass is 9.72. The van der Waals surface area contributed by atoms with Gasteiger partial charge in [0.05, 0.1) is 17.0 Å². The van der Waals surface area contributed by atoms with E-state index in [9.17, 15) is 22.8 Å². The predicted molar refractivity (Wildman–Crippen MR) is 173 cm³/mol. The fraction of sp³-hybridized carbons (Fsp3) is 0.568. The molecule has 0 bridgehead atoms. The lowest BCUT2D eigenvalue weighted by Crippen LogP contribution is -2.45. The monoisotopic (exact) mass is 630 g/mol. The number of unbranched alkanes of at least 4 members (excludes halogenated alkanes) is 2. The molecule has 3 rings (SSSR count). The zero-order valence-electron chi connectivity index (χ0n) is 28.4. The fourth-order valence-electron chi connectivity index (χ4n) is 5.26. The highest BCUT2D eigenvalue weighted by Gasteiger charge is 2.40. The van der Waals surface area contributed by atoms with Gasteiger partial charge in [-0.2, -0.15) is 13.2 Å². The quantitative estimate of drug-likeness (QED) is 0.120. The lowest BCUT2D eigenvalue weighted by molar-refractivity contribution is -0.175. The van der Waals surface area contributed by atoms with Gasteiger partial charge in [-0.1, -0.05) is 73.4 Å². The van der Waals surface area contributed by atoms with Crippen LogP contribution in [0.4, 0.5) is 13.2 Å². The van der Waals surface area contributed by atoms with Crippen LogP contribution in [0, 0.1) is 16.7 Å². The molecule has 0 aliphatic carbocycles. The largest absolute Gasteiger partial charge is 0.486 e. The third kappa shape index (κ3) is 9.60. The van der Waals surface area contributed by atoms with Gasteiger partial charge in [-0.3, -0.25) is 4.79 Å². The minimum atomic E-state index is -4.64. The molecule has 0 saturated carbocycles. The first-order chi connectivity index (χ1) is 20.6. The number of carbonyl (C=O) groups is 1. The minimum absolute atomic E-state index is 0.0654. The highest BCUT2D eigenvalue weighted by molar-refractivity contribution is 5.83. The van der Waals surface area contributed by atoms with E-state index in [1.165, 1.54) is 18.2 Å². The van der Waals surface area contributed by atoms with Crippen LogP contribution < -0.4 is 10.4 Å². The van der Waals surface area contributed by atoms with Crippen LogP contribution in [0.25, 0.3) is 22.1 Å². The Morgan fingerprint density at radius 3 is 2.13 bits per heavy atom. The number of fused-ring (bicyclic) bond motifs is 1. The van der Waals surface area contributed by atoms with Gasteiger partial charge in [0.1, 0.15) is 23.0 Å². The topological polar surface area (TPSA) is 65.7 Å². The molecule has 45 heavy (non-hydrogen) atoms. The van der Waals surface area contributed by atoms with E-state index < -0.39 is 29.1 Å². The van der Waals surface area contributed by atoms with Crippen molar-refractivity contribution in [2.75, 3.05) is 0 Å². The molecule has 2 unspecified atom stereocenters. The normalized spacial score (nSPS) is 14.3. The Morgan fingerprint density at radius 2 is 1.56 bits per heavy atom. The second kappa shape index (κ2) is 13.6. The van der Waals surface area contributed by atoms with Crippen molar-refractivity contribution in [2.45, 2.75) is 119 Å². The van der Waals surface area contributed by atoms with Crippen LogP contribution in [0.1, 0.15) is 106 Å². The van der Waals surface area contributed by atoms with Gasteiger partial charge in [0.25, 0.3) is 0 Å². The number of carbonyl (C=O) groups excluding carboxylic acids is 1. The molecule has 0 saturated heterocycles. The van der Waals surface area contributed by atoms with Gasteiger partial charge >= 0.3 is 17.8 Å². The Morgan fingerprint density at radius 1 is 0.889 bits per heavy atom. The summed E-state index contributed by atoms with van der Waals surface area (Å²) in [6.45, 7) is 19.8. The van der Waals surface area contributed by atoms with Crippen molar-refractivity contribution < 1.29 is 31.9 Å². The van der Waals surface area contributed by atoms with E-state index >= 15 is 0 Å². The molecule has 248 valence electrons. The molecule has 1 aromatic heterocycles. The van der Waals surface area contributed by atoms with E-state index in [4.69, 9.17) is 13.9 Å². The summed E-state index contributed by atoms with van der Waals surface area (Å²) in [4.78, 5) is 26.4. The molecule has 8 heteroatoms. The molecule has 5 nitrogen and oxygen atoms in total. The summed E-state index contributed by atoms with van der Waals surface area (Å²) in [5, 5.41) is 0.450. The predicted octanol–water partition coefficient (Wildman–Crippen LogP) is 10.4. The van der Waals surface area contributed by atoms with Crippen LogP contribution in [0.15, 0.2) is 51.7 Å². The maximum Gasteiger partial charge on any atom is 0.417 e. The molecule has 1 heterocycles. The number of alkyl halides is 3. The van der Waals surface area contributed by atoms with Gasteiger partial charge in [-0.25, -0.2) is 4.79 Å². The number of rotatable bonds is 11. The van der Waals surface area contributed by atoms with Gasteiger partial charge in [0.2, 0.25) is 0 Å². The van der Waals surface area contributed by atoms with Crippen molar-refractivity contribution in [3.8, 4) is 16.9 Å². The molecule has 0 spiro atoms. The van der Waals surface area contributed by atoms with Gasteiger partial charge in [0, 0.05) is 17.0 Å². The molecule has 3 aromatic rings. The number of benzene rings is 2. The van der Waals surface area contributed by atoms with E-state index in [1.54, 1.807) is 39.0 Å². The molecule has 0 aliphatic rings. The number of halogens is 3. The average Bonchev–Trinajstić information content (AvgIpc) is 2.89. The van der Waals surface area contributed by atoms with E-state index in [-0.39, 0.29) is 39.4 Å². The van der Waals surface area contributed by atoms with Crippen molar-refractivity contribution in [3.63, 3.8) is 0 Å². The summed E-state index contributed by atoms with van der Waals surface area (Å²) in [5.74, 6) is -0.241. The van der Waals surface area contributed by atoms with Crippen molar-refractivity contribution in [3.05, 3.63) is 64.0 Å². The number of esters is 1. The first-order valence-electron chi connectivity index (χ1n) is 15.8. The van der Waals surface area contributed by atoms with Crippen molar-refractivity contribution in [2.24, 2.45) is 16.7 Å². The molecule has 2 atom stereocenters. The lowest BCUT2D eigenvalue weighted by Gasteiger charge is -2.38. The van der Waals surface area contributed by atoms with Crippen LogP contribution in [-0.4, -0.2) is 17.7 Å². The summed E-state index contributed by atoms with van der Waals surface area (Å²) >= 11 is 0. The van der Waals surface area contributed by atoms with E-state index in [0.29, 0.717) is 29.5 Å². The molecule has 0 amide bonds. The first kappa shape index (κ1) is 36.2. The molecule has 0 N–H and O–H groups in total. The highest BCUT2D eigenvalue weighted by atomic mass is 19.4. The molecule has 0 radical (unpaired) electrons. The Hall–Kier alpha value is -3.29. The van der Waals surface area contributed by atoms with Crippen LogP contribution in [-0.2, 0) is 22.1 Å². The SMILES string of the molecule is CCCCCc1ccc(-c2cc3ccc(OC(C)C(C)(C)OC(=O)C(CC(C)(C)C)C(C)(C)C)cc3oc2=O)c(C(F)(F)F)c1. The summed E-state index contributed by atoms with van der Waals surface area (Å²) in [6, 6.07) is 10.4. The van der Waals surface area contributed by atoms with Crippen LogP contribution in [0.2, 0.25) is 0 Å². The summed E-state index contributed by atoms with van der Waals surface area (Å²) in [6.07, 6.45) is -1.32. The fourth-order valence-corrected chi connectivity index (χ4v) is 5.26. The average molecular weight is 631 g/mol. The minimum Gasteiger partial charge on any atom is -0.486 e. The van der Waals surface area contributed by atoms with E-state index in [1.807, 2.05) is 27.7 Å². The molecular formula is C37H49F3O5. The second-order valence-electron chi connectivity index (χ2n) is 14.9. The molecular weight excluding hydrogens is 581 g/mol. The highest BCUT2D eigenvalue weighted by Crippen LogP contribution is 2.39. The van der Waals surface area contributed by atoms with Gasteiger partial charge in [0.15, 0.2) is 0 Å². The van der Waals surface area contributed by atoms with Crippen LogP contribution >= 0.6 is 0 Å². The Balaban J connectivity index is 1.87. The first-order valence-corrected chi connectivity index (χ1v) is 15.8. The van der Waals surface area contributed by atoms with E-state index in [0.717, 1.165) is 25.3 Å². The summed E-state index contributed by atoms with van der Waals surface area (Å²) in [5.41, 5.74) is -2.70. The van der Waals surface area contributed by atoms with Crippen molar-refractivity contribution >= 4 is 16.9 Å². The molecule has 0 fully saturated rings. The zero-order chi connectivity index (χ0) is 34.0. The van der Waals surface area contributed by atoms with Gasteiger partial charge in [-0.15, -0.1) is 0 Å². The number of hydrogen-bond acceptors (Lipinski definition) is 5. The van der Waals surface area contributed by atoms with Crippen LogP contribution in [0.3, 0.4) is 0 Å². The summed E-state index contributed by atoms with van der Waals surface area (Å²) in [7, 11) is 0. The number of aryl methyl sites for hydroxylation is 1. The number of hydrogen-bond donors (Lipinski definition) is 0. The third-order valence-corrected chi connectivity index (χ3v) is 8.26. The smallest absolute Gasteiger partial charge is 0.417 e. The zero-order valence-corrected chi connectivity index (χ0v) is 28.4. The Labute approximate surface area is 265 Å². The second-order valence-corrected chi connectivity index (χ2v) is 14.9. The van der Waals surface area contributed by atoms with E-state index in [2.05, 4.69) is 20.8 Å². The molecule has 2 aromatic carbocycles. The maximum absolute atomic E-state index is 14.1. The maximum atomic E-state index is 14.1. The standard InChI is InChI=1S/C37H49F3O5/c1-11-12-13-14-24-15-18-27(29(19-24)37(38,39)40)28-20-25-16-17-26(21-31(25)44-32(28)41)43-23(2)36(9,10)45-33(42)30(35(6,7)8)22-34(3,4)5/h15-21,23,30H,11-14,22H2,1-10H3. The molecule has 0 aliphatic heterocycles. The summed E-state index contributed by atoms with van der Waals surface area (Å²) < 4.78 is 60.0. The Bertz CT molecular complexity index is 1540. The van der Waals surface area contributed by atoms with Gasteiger partial charge < -0.3 is 13.9 Å². The van der Waals surface area contributed by atoms with Crippen molar-refractivity contribution in [1.29, 1.82) is 0 Å².